The molecule has 2 aromatic heterocycles. The van der Waals surface area contributed by atoms with Crippen LogP contribution in [0.2, 0.25) is 0 Å². The zero-order valence-corrected chi connectivity index (χ0v) is 20.7. The molecule has 7 heteroatoms. The fraction of sp³-hybridized carbons (Fsp3) is 0.111. The highest BCUT2D eigenvalue weighted by Crippen LogP contribution is 2.38. The second-order valence-corrected chi connectivity index (χ2v) is 8.76. The van der Waals surface area contributed by atoms with Crippen LogP contribution in [0.15, 0.2) is 84.5 Å². The second-order valence-electron chi connectivity index (χ2n) is 7.16. The van der Waals surface area contributed by atoms with Crippen LogP contribution < -0.4 is 5.73 Å². The largest absolute Gasteiger partial charge is 0.397 e. The molecule has 4 nitrogen and oxygen atoms in total. The number of halogens is 1. The van der Waals surface area contributed by atoms with E-state index < -0.39 is 0 Å². The number of thiol groups is 1. The molecule has 0 amide bonds. The third-order valence-electron chi connectivity index (χ3n) is 4.93. The molecule has 0 fully saturated rings. The molecule has 4 aromatic rings. The molecular weight excluding hydrogens is 463 g/mol. The van der Waals surface area contributed by atoms with Crippen molar-refractivity contribution in [2.45, 2.75) is 25.3 Å². The topological polar surface area (TPSA) is 65.9 Å². The Balaban J connectivity index is 0.000000274. The minimum Gasteiger partial charge on any atom is -0.397 e. The molecule has 0 aliphatic carbocycles. The summed E-state index contributed by atoms with van der Waals surface area (Å²) < 4.78 is 12.1. The summed E-state index contributed by atoms with van der Waals surface area (Å²) in [4.78, 5) is 8.74. The van der Waals surface area contributed by atoms with Crippen LogP contribution in [0.1, 0.15) is 25.0 Å². The normalized spacial score (nSPS) is 11.5. The van der Waals surface area contributed by atoms with Crippen LogP contribution in [0.25, 0.3) is 26.6 Å². The Morgan fingerprint density at radius 2 is 1.79 bits per heavy atom. The van der Waals surface area contributed by atoms with E-state index in [1.807, 2.05) is 32.2 Å². The first-order valence-corrected chi connectivity index (χ1v) is 12.0. The van der Waals surface area contributed by atoms with Crippen LogP contribution in [0.5, 0.6) is 0 Å². The first kappa shape index (κ1) is 25.0. The average Bonchev–Trinajstić information content (AvgIpc) is 3.45. The fourth-order valence-electron chi connectivity index (χ4n) is 3.38. The van der Waals surface area contributed by atoms with Gasteiger partial charge in [-0.25, -0.2) is 4.39 Å². The molecule has 0 spiro atoms. The van der Waals surface area contributed by atoms with E-state index in [0.29, 0.717) is 17.1 Å². The predicted molar refractivity (Wildman–Crippen MR) is 143 cm³/mol. The van der Waals surface area contributed by atoms with Gasteiger partial charge in [0.2, 0.25) is 0 Å². The third kappa shape index (κ3) is 5.84. The van der Waals surface area contributed by atoms with Gasteiger partial charge in [0.25, 0.3) is 0 Å². The summed E-state index contributed by atoms with van der Waals surface area (Å²) in [6.45, 7) is 8.58. The Bertz CT molecular complexity index is 1320. The summed E-state index contributed by atoms with van der Waals surface area (Å²) in [5.41, 5.74) is 11.6. The molecule has 5 rings (SSSR count). The summed E-state index contributed by atoms with van der Waals surface area (Å²) in [5.74, 6) is -0.238. The van der Waals surface area contributed by atoms with Crippen LogP contribution in [0.3, 0.4) is 0 Å². The van der Waals surface area contributed by atoms with Crippen molar-refractivity contribution in [1.82, 2.24) is 9.88 Å². The van der Waals surface area contributed by atoms with Gasteiger partial charge in [-0.15, -0.1) is 24.0 Å². The fourth-order valence-corrected chi connectivity index (χ4v) is 4.58. The lowest BCUT2D eigenvalue weighted by Gasteiger charge is -2.05. The van der Waals surface area contributed by atoms with Crippen molar-refractivity contribution in [1.29, 1.82) is 5.26 Å². The Morgan fingerprint density at radius 1 is 1.06 bits per heavy atom. The maximum atomic E-state index is 12.1. The quantitative estimate of drug-likeness (QED) is 0.227. The number of thiophene rings is 1. The minimum absolute atomic E-state index is 0.238. The number of nitriles is 1. The van der Waals surface area contributed by atoms with Gasteiger partial charge < -0.3 is 5.73 Å². The minimum atomic E-state index is -0.238. The molecule has 172 valence electrons. The van der Waals surface area contributed by atoms with Gasteiger partial charge in [0.05, 0.1) is 17.9 Å². The Kier molecular flexibility index (Phi) is 8.47. The van der Waals surface area contributed by atoms with Crippen molar-refractivity contribution in [2.24, 2.45) is 0 Å². The smallest absolute Gasteiger partial charge is 0.184 e. The molecule has 0 radical (unpaired) electrons. The number of aromatic nitrogens is 1. The Labute approximate surface area is 209 Å². The van der Waals surface area contributed by atoms with Gasteiger partial charge in [-0.1, -0.05) is 38.6 Å². The third-order valence-corrected chi connectivity index (χ3v) is 6.40. The number of hydrogen-bond acceptors (Lipinski definition) is 6. The van der Waals surface area contributed by atoms with E-state index in [4.69, 9.17) is 11.0 Å². The zero-order chi connectivity index (χ0) is 24.7. The number of nitrogens with zero attached hydrogens (tertiary/aromatic N) is 3. The predicted octanol–water partition coefficient (Wildman–Crippen LogP) is 7.47. The number of nitrogens with two attached hydrogens (primary N) is 1. The molecule has 1 aliphatic heterocycles. The van der Waals surface area contributed by atoms with Gasteiger partial charge in [0, 0.05) is 38.2 Å². The summed E-state index contributed by atoms with van der Waals surface area (Å²) in [7, 11) is 0. The van der Waals surface area contributed by atoms with Crippen LogP contribution >= 0.6 is 24.0 Å². The van der Waals surface area contributed by atoms with Gasteiger partial charge in [0.15, 0.2) is 6.19 Å². The number of benzene rings is 2. The number of rotatable bonds is 2. The number of anilines is 1. The number of nitrogen functional groups attached to an aromatic ring is 1. The molecule has 0 unspecified atom stereocenters. The van der Waals surface area contributed by atoms with Gasteiger partial charge in [-0.05, 0) is 53.6 Å². The van der Waals surface area contributed by atoms with Crippen LogP contribution in [-0.2, 0) is 6.54 Å². The van der Waals surface area contributed by atoms with E-state index in [1.165, 1.54) is 17.0 Å². The average molecular weight is 489 g/mol. The van der Waals surface area contributed by atoms with Crippen LogP contribution in [0, 0.1) is 17.3 Å². The molecule has 3 heterocycles. The summed E-state index contributed by atoms with van der Waals surface area (Å²) in [6, 6.07) is 18.5. The molecule has 34 heavy (non-hydrogen) atoms. The van der Waals surface area contributed by atoms with Crippen molar-refractivity contribution in [3.8, 4) is 27.1 Å². The summed E-state index contributed by atoms with van der Waals surface area (Å²) in [6.07, 6.45) is 5.64. The summed E-state index contributed by atoms with van der Waals surface area (Å²) >= 11 is 5.62. The van der Waals surface area contributed by atoms with E-state index in [9.17, 15) is 4.39 Å². The monoisotopic (exact) mass is 488 g/mol. The van der Waals surface area contributed by atoms with E-state index in [0.717, 1.165) is 32.8 Å². The van der Waals surface area contributed by atoms with Crippen molar-refractivity contribution in [3.05, 3.63) is 96.6 Å². The summed E-state index contributed by atoms with van der Waals surface area (Å²) in [5, 5.41) is 9.15. The van der Waals surface area contributed by atoms with Crippen molar-refractivity contribution in [2.75, 3.05) is 5.73 Å². The highest BCUT2D eigenvalue weighted by molar-refractivity contribution is 7.80. The van der Waals surface area contributed by atoms with Gasteiger partial charge in [-0.2, -0.15) is 5.26 Å². The number of pyridine rings is 1. The molecule has 1 aliphatic rings. The number of hydrogen-bond donors (Lipinski definition) is 2. The molecule has 0 bridgehead atoms. The molecular formula is C27H25FN4S2. The first-order chi connectivity index (χ1) is 16.4. The molecule has 0 saturated heterocycles. The van der Waals surface area contributed by atoms with Crippen molar-refractivity contribution in [3.63, 3.8) is 0 Å². The molecule has 0 saturated carbocycles. The lowest BCUT2D eigenvalue weighted by Crippen LogP contribution is -2.05. The molecule has 0 atom stereocenters. The molecule has 2 N–H and O–H groups in total. The standard InChI is InChI=1S/C19H14N4S.C6H5FS.C2H6/c1-12-17-3-2-13(6-15(17)10-23(12)11-20)18-4-5-19(24-18)14-7-16(21)9-22-8-14;7-5-2-1-3-6(8)4-5;1-2/h2-9H,1,10,21H2;1-4,8H;1-2H3. The van der Waals surface area contributed by atoms with E-state index in [-0.39, 0.29) is 5.82 Å². The lowest BCUT2D eigenvalue weighted by molar-refractivity contribution is 0.575. The maximum absolute atomic E-state index is 12.1. The second kappa shape index (κ2) is 11.5. The van der Waals surface area contributed by atoms with Crippen LogP contribution in [0.4, 0.5) is 10.1 Å². The van der Waals surface area contributed by atoms with Crippen LogP contribution in [-0.4, -0.2) is 9.88 Å². The SMILES string of the molecule is C=C1c2ccc(-c3ccc(-c4cncc(N)c4)s3)cc2CN1C#N.CC.Fc1cccc(S)c1. The first-order valence-electron chi connectivity index (χ1n) is 10.7. The Hall–Kier alpha value is -3.60. The highest BCUT2D eigenvalue weighted by Gasteiger charge is 2.22. The van der Waals surface area contributed by atoms with Gasteiger partial charge in [0.1, 0.15) is 5.82 Å². The van der Waals surface area contributed by atoms with Crippen molar-refractivity contribution < 1.29 is 4.39 Å². The number of fused-ring (bicyclic) bond motifs is 1. The van der Waals surface area contributed by atoms with Gasteiger partial charge >= 0.3 is 0 Å². The highest BCUT2D eigenvalue weighted by atomic mass is 32.1. The van der Waals surface area contributed by atoms with Gasteiger partial charge in [-0.3, -0.25) is 9.88 Å². The lowest BCUT2D eigenvalue weighted by atomic mass is 10.0. The van der Waals surface area contributed by atoms with E-state index in [2.05, 4.69) is 54.7 Å². The Morgan fingerprint density at radius 3 is 2.41 bits per heavy atom. The maximum Gasteiger partial charge on any atom is 0.184 e. The van der Waals surface area contributed by atoms with E-state index >= 15 is 0 Å². The zero-order valence-electron chi connectivity index (χ0n) is 19.0. The van der Waals surface area contributed by atoms with E-state index in [1.54, 1.807) is 34.6 Å². The van der Waals surface area contributed by atoms with Crippen molar-refractivity contribution >= 4 is 35.4 Å². The molecule has 2 aromatic carbocycles.